The lowest BCUT2D eigenvalue weighted by Gasteiger charge is -2.21. The topological polar surface area (TPSA) is 50.4 Å². The summed E-state index contributed by atoms with van der Waals surface area (Å²) in [6, 6.07) is 14.5. The van der Waals surface area contributed by atoms with E-state index in [2.05, 4.69) is 35.8 Å². The maximum absolute atomic E-state index is 11.4. The molecule has 1 aliphatic heterocycles. The number of carbonyl (C=O) groups excluding carboxylic acids is 1. The highest BCUT2D eigenvalue weighted by Crippen LogP contribution is 2.26. The van der Waals surface area contributed by atoms with Gasteiger partial charge in [0.2, 0.25) is 5.91 Å². The highest BCUT2D eigenvalue weighted by Gasteiger charge is 2.16. The summed E-state index contributed by atoms with van der Waals surface area (Å²) in [5.41, 5.74) is 4.54. The van der Waals surface area contributed by atoms with Crippen LogP contribution < -0.4 is 15.4 Å². The summed E-state index contributed by atoms with van der Waals surface area (Å²) in [4.78, 5) is 11.4. The molecule has 0 fully saturated rings. The van der Waals surface area contributed by atoms with Gasteiger partial charge in [-0.2, -0.15) is 0 Å². The van der Waals surface area contributed by atoms with Gasteiger partial charge in [0, 0.05) is 30.3 Å². The molecule has 1 aliphatic rings. The van der Waals surface area contributed by atoms with Gasteiger partial charge in [-0.3, -0.25) is 4.79 Å². The van der Waals surface area contributed by atoms with Gasteiger partial charge in [0.1, 0.15) is 5.75 Å². The number of methoxy groups -OCH3 is 1. The lowest BCUT2D eigenvalue weighted by Crippen LogP contribution is -2.21. The van der Waals surface area contributed by atoms with Crippen molar-refractivity contribution >= 4 is 11.6 Å². The minimum atomic E-state index is 0.104. The number of hydrogen-bond donors (Lipinski definition) is 2. The molecule has 0 bridgehead atoms. The number of hydrogen-bond acceptors (Lipinski definition) is 3. The van der Waals surface area contributed by atoms with Gasteiger partial charge in [-0.05, 0) is 36.6 Å². The Balaban J connectivity index is 1.69. The second-order valence-electron chi connectivity index (χ2n) is 5.88. The van der Waals surface area contributed by atoms with E-state index in [1.165, 1.54) is 11.1 Å². The van der Waals surface area contributed by atoms with Gasteiger partial charge in [-0.25, -0.2) is 0 Å². The van der Waals surface area contributed by atoms with Gasteiger partial charge in [-0.15, -0.1) is 0 Å². The standard InChI is InChI=1S/C19H22N2O2/c1-13(20-12-16-5-3-4-6-18(16)23-2)14-7-9-17-15(11-14)8-10-19(22)21-17/h3-7,9,11,13,20H,8,10,12H2,1-2H3,(H,21,22)/t13-/m0/s1. The molecular formula is C19H22N2O2. The summed E-state index contributed by atoms with van der Waals surface area (Å²) in [7, 11) is 1.69. The number of nitrogens with one attached hydrogen (secondary N) is 2. The number of carbonyl (C=O) groups is 1. The van der Waals surface area contributed by atoms with Crippen molar-refractivity contribution in [2.45, 2.75) is 32.4 Å². The van der Waals surface area contributed by atoms with Gasteiger partial charge in [0.05, 0.1) is 7.11 Å². The smallest absolute Gasteiger partial charge is 0.224 e. The average molecular weight is 310 g/mol. The number of fused-ring (bicyclic) bond motifs is 1. The van der Waals surface area contributed by atoms with E-state index >= 15 is 0 Å². The quantitative estimate of drug-likeness (QED) is 0.889. The molecule has 0 radical (unpaired) electrons. The number of benzene rings is 2. The average Bonchev–Trinajstić information content (AvgIpc) is 2.59. The molecule has 23 heavy (non-hydrogen) atoms. The van der Waals surface area contributed by atoms with Gasteiger partial charge in [0.15, 0.2) is 0 Å². The van der Waals surface area contributed by atoms with Gasteiger partial charge < -0.3 is 15.4 Å². The third kappa shape index (κ3) is 3.54. The van der Waals surface area contributed by atoms with Crippen LogP contribution in [0.4, 0.5) is 5.69 Å². The summed E-state index contributed by atoms with van der Waals surface area (Å²) in [5, 5.41) is 6.46. The zero-order chi connectivity index (χ0) is 16.2. The van der Waals surface area contributed by atoms with Crippen molar-refractivity contribution in [1.82, 2.24) is 5.32 Å². The molecule has 1 atom stereocenters. The van der Waals surface area contributed by atoms with Crippen molar-refractivity contribution in [2.75, 3.05) is 12.4 Å². The predicted molar refractivity (Wildman–Crippen MR) is 91.6 cm³/mol. The van der Waals surface area contributed by atoms with Crippen molar-refractivity contribution < 1.29 is 9.53 Å². The monoisotopic (exact) mass is 310 g/mol. The van der Waals surface area contributed by atoms with Crippen LogP contribution in [0.1, 0.15) is 36.1 Å². The van der Waals surface area contributed by atoms with Crippen LogP contribution in [-0.4, -0.2) is 13.0 Å². The first-order chi connectivity index (χ1) is 11.2. The minimum Gasteiger partial charge on any atom is -0.496 e. The summed E-state index contributed by atoms with van der Waals surface area (Å²) in [6.07, 6.45) is 1.38. The molecule has 0 aliphatic carbocycles. The summed E-state index contributed by atoms with van der Waals surface area (Å²) < 4.78 is 5.39. The molecule has 1 heterocycles. The largest absolute Gasteiger partial charge is 0.496 e. The molecule has 1 amide bonds. The minimum absolute atomic E-state index is 0.104. The van der Waals surface area contributed by atoms with Crippen LogP contribution in [0.5, 0.6) is 5.75 Å². The van der Waals surface area contributed by atoms with Crippen LogP contribution in [0.3, 0.4) is 0 Å². The van der Waals surface area contributed by atoms with E-state index in [0.29, 0.717) is 6.42 Å². The summed E-state index contributed by atoms with van der Waals surface area (Å²) >= 11 is 0. The zero-order valence-electron chi connectivity index (χ0n) is 13.6. The van der Waals surface area contributed by atoms with Crippen LogP contribution in [0.15, 0.2) is 42.5 Å². The molecule has 2 aromatic carbocycles. The molecule has 3 rings (SSSR count). The number of rotatable bonds is 5. The number of amides is 1. The fourth-order valence-corrected chi connectivity index (χ4v) is 2.90. The zero-order valence-corrected chi connectivity index (χ0v) is 13.6. The molecule has 4 heteroatoms. The predicted octanol–water partition coefficient (Wildman–Crippen LogP) is 3.43. The molecule has 0 saturated carbocycles. The summed E-state index contributed by atoms with van der Waals surface area (Å²) in [6.45, 7) is 2.90. The van der Waals surface area contributed by atoms with Gasteiger partial charge in [0.25, 0.3) is 0 Å². The molecule has 4 nitrogen and oxygen atoms in total. The SMILES string of the molecule is COc1ccccc1CN[C@@H](C)c1ccc2c(c1)CCC(=O)N2. The Kier molecular flexibility index (Phi) is 4.63. The van der Waals surface area contributed by atoms with E-state index in [9.17, 15) is 4.79 Å². The van der Waals surface area contributed by atoms with Crippen molar-refractivity contribution in [2.24, 2.45) is 0 Å². The lowest BCUT2D eigenvalue weighted by atomic mass is 9.97. The molecule has 0 unspecified atom stereocenters. The number of ether oxygens (including phenoxy) is 1. The second kappa shape index (κ2) is 6.84. The van der Waals surface area contributed by atoms with Gasteiger partial charge in [-0.1, -0.05) is 30.3 Å². The third-order valence-corrected chi connectivity index (χ3v) is 4.32. The Morgan fingerprint density at radius 2 is 2.04 bits per heavy atom. The lowest BCUT2D eigenvalue weighted by molar-refractivity contribution is -0.116. The normalized spacial score (nSPS) is 14.8. The van der Waals surface area contributed by atoms with Crippen molar-refractivity contribution in [3.63, 3.8) is 0 Å². The van der Waals surface area contributed by atoms with Crippen molar-refractivity contribution in [3.8, 4) is 5.75 Å². The Bertz CT molecular complexity index is 712. The third-order valence-electron chi connectivity index (χ3n) is 4.32. The molecule has 2 N–H and O–H groups in total. The molecular weight excluding hydrogens is 288 g/mol. The van der Waals surface area contributed by atoms with Crippen LogP contribution in [-0.2, 0) is 17.8 Å². The first kappa shape index (κ1) is 15.6. The number of anilines is 1. The Morgan fingerprint density at radius 1 is 1.22 bits per heavy atom. The molecule has 2 aromatic rings. The molecule has 0 saturated heterocycles. The van der Waals surface area contributed by atoms with E-state index < -0.39 is 0 Å². The Morgan fingerprint density at radius 3 is 2.87 bits per heavy atom. The van der Waals surface area contributed by atoms with E-state index in [-0.39, 0.29) is 11.9 Å². The van der Waals surface area contributed by atoms with Crippen LogP contribution >= 0.6 is 0 Å². The van der Waals surface area contributed by atoms with E-state index in [0.717, 1.165) is 30.0 Å². The van der Waals surface area contributed by atoms with E-state index in [4.69, 9.17) is 4.74 Å². The Hall–Kier alpha value is -2.33. The first-order valence-electron chi connectivity index (χ1n) is 7.95. The van der Waals surface area contributed by atoms with E-state index in [1.807, 2.05) is 24.3 Å². The van der Waals surface area contributed by atoms with Crippen LogP contribution in [0.2, 0.25) is 0 Å². The summed E-state index contributed by atoms with van der Waals surface area (Å²) in [5.74, 6) is 1.01. The molecule has 0 aromatic heterocycles. The van der Waals surface area contributed by atoms with E-state index in [1.54, 1.807) is 7.11 Å². The van der Waals surface area contributed by atoms with Crippen molar-refractivity contribution in [3.05, 3.63) is 59.2 Å². The highest BCUT2D eigenvalue weighted by atomic mass is 16.5. The molecule has 120 valence electrons. The maximum atomic E-state index is 11.4. The fourth-order valence-electron chi connectivity index (χ4n) is 2.90. The van der Waals surface area contributed by atoms with Crippen molar-refractivity contribution in [1.29, 1.82) is 0 Å². The Labute approximate surface area is 136 Å². The van der Waals surface area contributed by atoms with Gasteiger partial charge >= 0.3 is 0 Å². The molecule has 0 spiro atoms. The number of para-hydroxylation sites is 1. The fraction of sp³-hybridized carbons (Fsp3) is 0.316. The maximum Gasteiger partial charge on any atom is 0.224 e. The number of aryl methyl sites for hydroxylation is 1. The second-order valence-corrected chi connectivity index (χ2v) is 5.88. The highest BCUT2D eigenvalue weighted by molar-refractivity contribution is 5.93. The first-order valence-corrected chi connectivity index (χ1v) is 7.95. The van der Waals surface area contributed by atoms with Crippen LogP contribution in [0, 0.1) is 0 Å². The van der Waals surface area contributed by atoms with Crippen LogP contribution in [0.25, 0.3) is 0 Å².